The maximum atomic E-state index is 6.82. The van der Waals surface area contributed by atoms with Crippen LogP contribution in [0, 0.1) is 0 Å². The largest absolute Gasteiger partial charge is 0.484 e. The third-order valence-corrected chi connectivity index (χ3v) is 11.4. The molecule has 2 unspecified atom stereocenters. The summed E-state index contributed by atoms with van der Waals surface area (Å²) in [5.41, 5.74) is 8.72. The van der Waals surface area contributed by atoms with Crippen LogP contribution in [0.4, 0.5) is 0 Å². The van der Waals surface area contributed by atoms with Gasteiger partial charge in [0.15, 0.2) is 17.5 Å². The first-order valence-corrected chi connectivity index (χ1v) is 18.0. The van der Waals surface area contributed by atoms with E-state index in [4.69, 9.17) is 19.7 Å². The van der Waals surface area contributed by atoms with Gasteiger partial charge in [0.1, 0.15) is 11.9 Å². The normalized spacial score (nSPS) is 15.9. The van der Waals surface area contributed by atoms with Gasteiger partial charge in [0.25, 0.3) is 0 Å². The maximum Gasteiger partial charge on any atom is 0.164 e. The van der Waals surface area contributed by atoms with Crippen LogP contribution in [0.25, 0.3) is 77.0 Å². The summed E-state index contributed by atoms with van der Waals surface area (Å²) >= 11 is 1.80. The molecule has 1 aliphatic heterocycles. The van der Waals surface area contributed by atoms with Crippen LogP contribution < -0.4 is 4.74 Å². The van der Waals surface area contributed by atoms with Gasteiger partial charge in [-0.2, -0.15) is 0 Å². The zero-order chi connectivity index (χ0) is 33.5. The fourth-order valence-corrected chi connectivity index (χ4v) is 9.03. The molecule has 0 saturated carbocycles. The third-order valence-electron chi connectivity index (χ3n) is 10.2. The monoisotopic (exact) mass is 672 g/mol. The molecule has 2 atom stereocenters. The molecule has 3 aromatic heterocycles. The second-order valence-corrected chi connectivity index (χ2v) is 14.2. The van der Waals surface area contributed by atoms with E-state index in [9.17, 15) is 0 Å². The second kappa shape index (κ2) is 11.1. The average molecular weight is 673 g/mol. The van der Waals surface area contributed by atoms with E-state index in [1.165, 1.54) is 42.3 Å². The average Bonchev–Trinajstić information content (AvgIpc) is 3.87. The topological polar surface area (TPSA) is 52.8 Å². The van der Waals surface area contributed by atoms with E-state index in [1.54, 1.807) is 11.3 Å². The number of fused-ring (bicyclic) bond motifs is 10. The first-order chi connectivity index (χ1) is 25.3. The fourth-order valence-electron chi connectivity index (χ4n) is 7.89. The molecule has 6 aromatic carbocycles. The Balaban J connectivity index is 1.03. The second-order valence-electron chi connectivity index (χ2n) is 13.1. The van der Waals surface area contributed by atoms with Gasteiger partial charge in [-0.25, -0.2) is 15.0 Å². The highest BCUT2D eigenvalue weighted by Crippen LogP contribution is 2.53. The molecule has 0 fully saturated rings. The van der Waals surface area contributed by atoms with Crippen molar-refractivity contribution < 1.29 is 4.74 Å². The summed E-state index contributed by atoms with van der Waals surface area (Å²) in [6, 6.07) is 50.9. The Bertz CT molecular complexity index is 2850. The predicted molar refractivity (Wildman–Crippen MR) is 207 cm³/mol. The van der Waals surface area contributed by atoms with Crippen molar-refractivity contribution in [2.45, 2.75) is 12.0 Å². The SMILES string of the molecule is C1=CC2c3cc(-c4nc(-c5ccccc5)nc(-c5ccc6c(c5)sc5ccccc56)n4)ccc3OC2c2c1n(-c1ccccc1)c1ccccc21. The van der Waals surface area contributed by atoms with Crippen molar-refractivity contribution in [1.29, 1.82) is 0 Å². The number of nitrogens with zero attached hydrogens (tertiary/aromatic N) is 4. The molecule has 0 N–H and O–H groups in total. The number of ether oxygens (including phenoxy) is 1. The molecule has 11 rings (SSSR count). The van der Waals surface area contributed by atoms with Gasteiger partial charge in [0.2, 0.25) is 0 Å². The van der Waals surface area contributed by atoms with E-state index < -0.39 is 0 Å². The number of para-hydroxylation sites is 2. The summed E-state index contributed by atoms with van der Waals surface area (Å²) < 4.78 is 11.7. The Kier molecular flexibility index (Phi) is 6.18. The number of benzene rings is 6. The van der Waals surface area contributed by atoms with Crippen LogP contribution >= 0.6 is 11.3 Å². The molecule has 0 bridgehead atoms. The van der Waals surface area contributed by atoms with E-state index in [2.05, 4.69) is 144 Å². The lowest BCUT2D eigenvalue weighted by atomic mass is 9.85. The molecular formula is C45H28N4OS. The van der Waals surface area contributed by atoms with Crippen molar-refractivity contribution in [3.05, 3.63) is 168 Å². The van der Waals surface area contributed by atoms with Crippen molar-refractivity contribution in [2.75, 3.05) is 0 Å². The first kappa shape index (κ1) is 28.5. The summed E-state index contributed by atoms with van der Waals surface area (Å²) in [5, 5.41) is 3.74. The van der Waals surface area contributed by atoms with Crippen molar-refractivity contribution in [2.24, 2.45) is 0 Å². The predicted octanol–water partition coefficient (Wildman–Crippen LogP) is 11.4. The molecule has 2 aliphatic rings. The minimum Gasteiger partial charge on any atom is -0.484 e. The highest BCUT2D eigenvalue weighted by Gasteiger charge is 2.40. The standard InChI is InChI=1S/C45H28N4OS/c1-3-11-27(12-4-1)43-46-44(48-45(47-43)29-19-21-32-31-15-8-10-18-39(31)51-40(32)26-29)28-20-24-38-35(25-28)33-22-23-37-41(42(33)50-38)34-16-7-9-17-36(34)49(37)30-13-5-2-6-14-30/h1-26,33,42H. The molecule has 6 heteroatoms. The van der Waals surface area contributed by atoms with E-state index in [1.807, 2.05) is 18.2 Å². The lowest BCUT2D eigenvalue weighted by Crippen LogP contribution is -2.13. The highest BCUT2D eigenvalue weighted by atomic mass is 32.1. The molecule has 240 valence electrons. The minimum absolute atomic E-state index is 0.0627. The molecule has 9 aromatic rings. The summed E-state index contributed by atoms with van der Waals surface area (Å²) in [4.78, 5) is 15.2. The number of hydrogen-bond donors (Lipinski definition) is 0. The number of hydrogen-bond acceptors (Lipinski definition) is 5. The summed E-state index contributed by atoms with van der Waals surface area (Å²) in [6.45, 7) is 0. The molecule has 0 amide bonds. The van der Waals surface area contributed by atoms with Gasteiger partial charge in [0.05, 0.1) is 11.2 Å². The van der Waals surface area contributed by atoms with Crippen LogP contribution in [0.2, 0.25) is 0 Å². The van der Waals surface area contributed by atoms with Crippen molar-refractivity contribution in [3.63, 3.8) is 0 Å². The Morgan fingerprint density at radius 3 is 2.02 bits per heavy atom. The molecule has 0 radical (unpaired) electrons. The summed E-state index contributed by atoms with van der Waals surface area (Å²) in [5.74, 6) is 2.91. The van der Waals surface area contributed by atoms with Gasteiger partial charge in [-0.1, -0.05) is 103 Å². The smallest absolute Gasteiger partial charge is 0.164 e. The quantitative estimate of drug-likeness (QED) is 0.187. The van der Waals surface area contributed by atoms with E-state index >= 15 is 0 Å². The zero-order valence-electron chi connectivity index (χ0n) is 27.3. The Morgan fingerprint density at radius 1 is 0.549 bits per heavy atom. The lowest BCUT2D eigenvalue weighted by molar-refractivity contribution is 0.224. The fraction of sp³-hybridized carbons (Fsp3) is 0.0444. The Labute approximate surface area is 297 Å². The van der Waals surface area contributed by atoms with Crippen LogP contribution in [-0.2, 0) is 0 Å². The van der Waals surface area contributed by atoms with Crippen LogP contribution in [-0.4, -0.2) is 19.5 Å². The van der Waals surface area contributed by atoms with Crippen molar-refractivity contribution in [3.8, 4) is 45.6 Å². The van der Waals surface area contributed by atoms with Gasteiger partial charge >= 0.3 is 0 Å². The van der Waals surface area contributed by atoms with Gasteiger partial charge in [0, 0.05) is 65.0 Å². The number of thiophene rings is 1. The molecule has 51 heavy (non-hydrogen) atoms. The van der Waals surface area contributed by atoms with Crippen LogP contribution in [0.3, 0.4) is 0 Å². The van der Waals surface area contributed by atoms with Crippen LogP contribution in [0.1, 0.15) is 28.8 Å². The third kappa shape index (κ3) is 4.43. The minimum atomic E-state index is -0.132. The molecule has 5 nitrogen and oxygen atoms in total. The van der Waals surface area contributed by atoms with Crippen LogP contribution in [0.5, 0.6) is 5.75 Å². The Hall–Kier alpha value is -6.37. The van der Waals surface area contributed by atoms with Crippen molar-refractivity contribution in [1.82, 2.24) is 19.5 Å². The molecular weight excluding hydrogens is 645 g/mol. The van der Waals surface area contributed by atoms with Crippen molar-refractivity contribution >= 4 is 48.5 Å². The lowest BCUT2D eigenvalue weighted by Gasteiger charge is -2.22. The summed E-state index contributed by atoms with van der Waals surface area (Å²) in [6.07, 6.45) is 4.44. The van der Waals surface area contributed by atoms with Gasteiger partial charge in [-0.3, -0.25) is 0 Å². The molecule has 4 heterocycles. The van der Waals surface area contributed by atoms with E-state index in [0.29, 0.717) is 17.5 Å². The summed E-state index contributed by atoms with van der Waals surface area (Å²) in [7, 11) is 0. The van der Waals surface area contributed by atoms with Gasteiger partial charge in [-0.05, 0) is 54.6 Å². The molecule has 0 spiro atoms. The molecule has 1 aliphatic carbocycles. The number of aromatic nitrogens is 4. The van der Waals surface area contributed by atoms with E-state index in [0.717, 1.165) is 33.7 Å². The maximum absolute atomic E-state index is 6.82. The van der Waals surface area contributed by atoms with Gasteiger partial charge in [-0.15, -0.1) is 11.3 Å². The van der Waals surface area contributed by atoms with E-state index in [-0.39, 0.29) is 12.0 Å². The highest BCUT2D eigenvalue weighted by molar-refractivity contribution is 7.25. The first-order valence-electron chi connectivity index (χ1n) is 17.2. The number of rotatable bonds is 4. The molecule has 0 saturated heterocycles. The van der Waals surface area contributed by atoms with Crippen LogP contribution in [0.15, 0.2) is 152 Å². The van der Waals surface area contributed by atoms with Gasteiger partial charge < -0.3 is 9.30 Å². The zero-order valence-corrected chi connectivity index (χ0v) is 28.1. The Morgan fingerprint density at radius 2 is 1.20 bits per heavy atom.